The third kappa shape index (κ3) is 2.00. The molecule has 0 amide bonds. The molecule has 0 bridgehead atoms. The van der Waals surface area contributed by atoms with Crippen LogP contribution in [0, 0.1) is 0 Å². The molecule has 1 saturated heterocycles. The Morgan fingerprint density at radius 1 is 1.26 bits per heavy atom. The number of para-hydroxylation sites is 1. The third-order valence-electron chi connectivity index (χ3n) is 3.87. The maximum Gasteiger partial charge on any atom is 0.239 e. The van der Waals surface area contributed by atoms with Crippen molar-refractivity contribution in [3.63, 3.8) is 0 Å². The Labute approximate surface area is 112 Å². The van der Waals surface area contributed by atoms with Gasteiger partial charge in [0.05, 0.1) is 5.52 Å². The van der Waals surface area contributed by atoms with E-state index in [0.29, 0.717) is 5.95 Å². The monoisotopic (exact) mass is 257 g/mol. The highest BCUT2D eigenvalue weighted by molar-refractivity contribution is 5.90. The van der Waals surface area contributed by atoms with Gasteiger partial charge in [-0.15, -0.1) is 0 Å². The molecule has 19 heavy (non-hydrogen) atoms. The normalized spacial score (nSPS) is 17.9. The quantitative estimate of drug-likeness (QED) is 0.638. The predicted molar refractivity (Wildman–Crippen MR) is 78.0 cm³/mol. The number of rotatable bonds is 2. The van der Waals surface area contributed by atoms with E-state index in [0.717, 1.165) is 23.3 Å². The number of benzene rings is 1. The number of hydrogen-bond acceptors (Lipinski definition) is 5. The fourth-order valence-corrected chi connectivity index (χ4v) is 2.83. The number of anilines is 2. The minimum atomic E-state index is 0.128. The fraction of sp³-hybridized carbons (Fsp3) is 0.429. The number of nitrogens with zero attached hydrogens (tertiary/aromatic N) is 3. The fourth-order valence-electron chi connectivity index (χ4n) is 2.83. The molecule has 3 rings (SSSR count). The average Bonchev–Trinajstić information content (AvgIpc) is 2.77. The Morgan fingerprint density at radius 2 is 2.05 bits per heavy atom. The van der Waals surface area contributed by atoms with Gasteiger partial charge in [-0.3, -0.25) is 5.43 Å². The second-order valence-electron chi connectivity index (χ2n) is 5.60. The number of nitrogens with two attached hydrogens (primary N) is 1. The largest absolute Gasteiger partial charge is 0.351 e. The molecule has 1 aromatic carbocycles. The van der Waals surface area contributed by atoms with Crippen LogP contribution < -0.4 is 16.2 Å². The lowest BCUT2D eigenvalue weighted by atomic mass is 10.0. The Morgan fingerprint density at radius 3 is 2.74 bits per heavy atom. The summed E-state index contributed by atoms with van der Waals surface area (Å²) in [5.41, 5.74) is 3.61. The van der Waals surface area contributed by atoms with E-state index in [2.05, 4.69) is 40.2 Å². The molecule has 1 fully saturated rings. The lowest BCUT2D eigenvalue weighted by Gasteiger charge is -2.33. The maximum atomic E-state index is 5.48. The molecule has 0 radical (unpaired) electrons. The molecule has 5 heteroatoms. The predicted octanol–water partition coefficient (Wildman–Crippen LogP) is 2.29. The minimum absolute atomic E-state index is 0.128. The van der Waals surface area contributed by atoms with Crippen molar-refractivity contribution in [2.24, 2.45) is 5.84 Å². The van der Waals surface area contributed by atoms with Crippen molar-refractivity contribution in [3.8, 4) is 0 Å². The maximum absolute atomic E-state index is 5.48. The van der Waals surface area contributed by atoms with Crippen molar-refractivity contribution in [1.29, 1.82) is 0 Å². The van der Waals surface area contributed by atoms with Crippen LogP contribution in [0.3, 0.4) is 0 Å². The van der Waals surface area contributed by atoms with Crippen molar-refractivity contribution in [2.75, 3.05) is 16.9 Å². The molecule has 0 saturated carbocycles. The van der Waals surface area contributed by atoms with Crippen LogP contribution in [0.2, 0.25) is 0 Å². The molecule has 0 aliphatic carbocycles. The van der Waals surface area contributed by atoms with Crippen LogP contribution >= 0.6 is 0 Å². The topological polar surface area (TPSA) is 67.1 Å². The SMILES string of the molecule is CC1(C)CCCN1c1nc(NN)nc2ccccc12. The second kappa shape index (κ2) is 4.35. The average molecular weight is 257 g/mol. The molecule has 2 heterocycles. The molecule has 0 unspecified atom stereocenters. The lowest BCUT2D eigenvalue weighted by molar-refractivity contribution is 0.515. The minimum Gasteiger partial charge on any atom is -0.351 e. The highest BCUT2D eigenvalue weighted by atomic mass is 15.3. The van der Waals surface area contributed by atoms with Crippen LogP contribution in [-0.4, -0.2) is 22.1 Å². The van der Waals surface area contributed by atoms with Gasteiger partial charge in [-0.25, -0.2) is 10.8 Å². The molecule has 1 aliphatic heterocycles. The molecule has 100 valence electrons. The van der Waals surface area contributed by atoms with Gasteiger partial charge >= 0.3 is 0 Å². The molecule has 3 N–H and O–H groups in total. The Bertz CT molecular complexity index is 608. The second-order valence-corrected chi connectivity index (χ2v) is 5.60. The van der Waals surface area contributed by atoms with Gasteiger partial charge in [0, 0.05) is 17.5 Å². The van der Waals surface area contributed by atoms with Crippen molar-refractivity contribution >= 4 is 22.7 Å². The summed E-state index contributed by atoms with van der Waals surface area (Å²) < 4.78 is 0. The van der Waals surface area contributed by atoms with Gasteiger partial charge < -0.3 is 4.90 Å². The van der Waals surface area contributed by atoms with Crippen molar-refractivity contribution in [2.45, 2.75) is 32.2 Å². The van der Waals surface area contributed by atoms with E-state index < -0.39 is 0 Å². The van der Waals surface area contributed by atoms with Gasteiger partial charge in [0.25, 0.3) is 0 Å². The molecule has 1 aliphatic rings. The first-order valence-corrected chi connectivity index (χ1v) is 6.63. The standard InChI is InChI=1S/C14H19N5/c1-14(2)8-5-9-19(14)12-10-6-3-4-7-11(10)16-13(17-12)18-15/h3-4,6-7H,5,8-9,15H2,1-2H3,(H,16,17,18). The van der Waals surface area contributed by atoms with E-state index in [1.54, 1.807) is 0 Å². The van der Waals surface area contributed by atoms with Gasteiger partial charge in [-0.1, -0.05) is 12.1 Å². The van der Waals surface area contributed by atoms with Crippen LogP contribution in [0.15, 0.2) is 24.3 Å². The van der Waals surface area contributed by atoms with Crippen LogP contribution in [0.5, 0.6) is 0 Å². The number of fused-ring (bicyclic) bond motifs is 1. The molecule has 1 aromatic heterocycles. The summed E-state index contributed by atoms with van der Waals surface area (Å²) in [6.45, 7) is 5.54. The Kier molecular flexibility index (Phi) is 2.78. The highest BCUT2D eigenvalue weighted by Crippen LogP contribution is 2.36. The summed E-state index contributed by atoms with van der Waals surface area (Å²) in [5.74, 6) is 6.92. The third-order valence-corrected chi connectivity index (χ3v) is 3.87. The lowest BCUT2D eigenvalue weighted by Crippen LogP contribution is -2.39. The summed E-state index contributed by atoms with van der Waals surface area (Å²) in [4.78, 5) is 11.3. The van der Waals surface area contributed by atoms with E-state index in [9.17, 15) is 0 Å². The Balaban J connectivity index is 2.21. The van der Waals surface area contributed by atoms with E-state index in [4.69, 9.17) is 5.84 Å². The number of nitrogens with one attached hydrogen (secondary N) is 1. The van der Waals surface area contributed by atoms with Crippen molar-refractivity contribution in [3.05, 3.63) is 24.3 Å². The van der Waals surface area contributed by atoms with E-state index in [-0.39, 0.29) is 5.54 Å². The zero-order valence-corrected chi connectivity index (χ0v) is 11.3. The van der Waals surface area contributed by atoms with Gasteiger partial charge in [-0.2, -0.15) is 4.98 Å². The summed E-state index contributed by atoms with van der Waals surface area (Å²) in [6.07, 6.45) is 2.37. The number of aromatic nitrogens is 2. The van der Waals surface area contributed by atoms with Crippen molar-refractivity contribution < 1.29 is 0 Å². The first-order valence-electron chi connectivity index (χ1n) is 6.63. The van der Waals surface area contributed by atoms with E-state index in [1.165, 1.54) is 12.8 Å². The number of hydrogen-bond donors (Lipinski definition) is 2. The van der Waals surface area contributed by atoms with Crippen LogP contribution in [-0.2, 0) is 0 Å². The molecular weight excluding hydrogens is 238 g/mol. The van der Waals surface area contributed by atoms with Crippen LogP contribution in [0.25, 0.3) is 10.9 Å². The molecule has 0 spiro atoms. The molecular formula is C14H19N5. The number of hydrazine groups is 1. The zero-order chi connectivity index (χ0) is 13.5. The number of nitrogen functional groups attached to an aromatic ring is 1. The Hall–Kier alpha value is -1.88. The summed E-state index contributed by atoms with van der Waals surface area (Å²) in [7, 11) is 0. The summed E-state index contributed by atoms with van der Waals surface area (Å²) in [5, 5.41) is 1.08. The van der Waals surface area contributed by atoms with Gasteiger partial charge in [0.1, 0.15) is 5.82 Å². The van der Waals surface area contributed by atoms with Crippen molar-refractivity contribution in [1.82, 2.24) is 9.97 Å². The molecule has 2 aromatic rings. The molecule has 0 atom stereocenters. The first-order chi connectivity index (χ1) is 9.12. The van der Waals surface area contributed by atoms with E-state index >= 15 is 0 Å². The van der Waals surface area contributed by atoms with Gasteiger partial charge in [0.2, 0.25) is 5.95 Å². The summed E-state index contributed by atoms with van der Waals surface area (Å²) in [6, 6.07) is 8.06. The first kappa shape index (κ1) is 12.2. The van der Waals surface area contributed by atoms with Crippen LogP contribution in [0.1, 0.15) is 26.7 Å². The van der Waals surface area contributed by atoms with Gasteiger partial charge in [0.15, 0.2) is 0 Å². The smallest absolute Gasteiger partial charge is 0.239 e. The highest BCUT2D eigenvalue weighted by Gasteiger charge is 2.34. The zero-order valence-electron chi connectivity index (χ0n) is 11.3. The van der Waals surface area contributed by atoms with Gasteiger partial charge in [-0.05, 0) is 38.8 Å². The molecule has 5 nitrogen and oxygen atoms in total. The summed E-state index contributed by atoms with van der Waals surface area (Å²) >= 11 is 0. The van der Waals surface area contributed by atoms with E-state index in [1.807, 2.05) is 18.2 Å². The van der Waals surface area contributed by atoms with Crippen LogP contribution in [0.4, 0.5) is 11.8 Å².